The summed E-state index contributed by atoms with van der Waals surface area (Å²) in [6, 6.07) is 23.1. The summed E-state index contributed by atoms with van der Waals surface area (Å²) in [5.74, 6) is -1.73. The van der Waals surface area contributed by atoms with Crippen LogP contribution in [-0.4, -0.2) is 36.0 Å². The molecule has 0 bridgehead atoms. The summed E-state index contributed by atoms with van der Waals surface area (Å²) in [6.45, 7) is 0. The highest BCUT2D eigenvalue weighted by molar-refractivity contribution is 6.06. The minimum absolute atomic E-state index is 0.0756. The molecule has 0 aliphatic rings. The molecule has 0 aliphatic heterocycles. The van der Waals surface area contributed by atoms with Gasteiger partial charge in [-0.25, -0.2) is 4.79 Å². The molecule has 3 aromatic rings. The number of carboxylic acids is 1. The van der Waals surface area contributed by atoms with Gasteiger partial charge in [0.25, 0.3) is 11.8 Å². The number of nitrogens with one attached hydrogen (secondary N) is 2. The van der Waals surface area contributed by atoms with Gasteiger partial charge in [0, 0.05) is 12.0 Å². The van der Waals surface area contributed by atoms with E-state index in [4.69, 9.17) is 4.74 Å². The van der Waals surface area contributed by atoms with E-state index in [-0.39, 0.29) is 12.1 Å². The van der Waals surface area contributed by atoms with E-state index < -0.39 is 23.8 Å². The second-order valence-electron chi connectivity index (χ2n) is 7.21. The summed E-state index contributed by atoms with van der Waals surface area (Å²) < 4.78 is 5.14. The van der Waals surface area contributed by atoms with Gasteiger partial charge in [-0.05, 0) is 41.5 Å². The maximum Gasteiger partial charge on any atom is 0.326 e. The monoisotopic (exact) mass is 444 g/mol. The zero-order chi connectivity index (χ0) is 23.6. The lowest BCUT2D eigenvalue weighted by atomic mass is 10.1. The van der Waals surface area contributed by atoms with Gasteiger partial charge >= 0.3 is 5.97 Å². The van der Waals surface area contributed by atoms with Crippen LogP contribution in [-0.2, 0) is 16.0 Å². The molecule has 0 aliphatic carbocycles. The van der Waals surface area contributed by atoms with E-state index in [1.807, 2.05) is 6.07 Å². The number of benzene rings is 3. The lowest BCUT2D eigenvalue weighted by Crippen LogP contribution is -2.45. The Balaban J connectivity index is 1.85. The number of hydrogen-bond acceptors (Lipinski definition) is 4. The number of aliphatic carboxylic acids is 1. The van der Waals surface area contributed by atoms with Crippen molar-refractivity contribution in [3.05, 3.63) is 107 Å². The Labute approximate surface area is 191 Å². The fourth-order valence-corrected chi connectivity index (χ4v) is 3.10. The van der Waals surface area contributed by atoms with Crippen molar-refractivity contribution in [2.75, 3.05) is 7.11 Å². The molecule has 1 atom stereocenters. The number of carbonyl (C=O) groups excluding carboxylic acids is 2. The van der Waals surface area contributed by atoms with Crippen molar-refractivity contribution in [1.29, 1.82) is 0 Å². The maximum absolute atomic E-state index is 13.1. The molecular weight excluding hydrogens is 420 g/mol. The number of carboxylic acid groups (broad SMARTS) is 1. The second kappa shape index (κ2) is 11.3. The van der Waals surface area contributed by atoms with E-state index in [0.29, 0.717) is 16.9 Å². The first-order chi connectivity index (χ1) is 16.0. The third kappa shape index (κ3) is 6.80. The Morgan fingerprint density at radius 1 is 0.909 bits per heavy atom. The summed E-state index contributed by atoms with van der Waals surface area (Å²) in [5, 5.41) is 14.8. The van der Waals surface area contributed by atoms with Crippen molar-refractivity contribution in [2.45, 2.75) is 12.5 Å². The van der Waals surface area contributed by atoms with Gasteiger partial charge in [0.1, 0.15) is 17.5 Å². The smallest absolute Gasteiger partial charge is 0.326 e. The first-order valence-corrected chi connectivity index (χ1v) is 10.3. The first-order valence-electron chi connectivity index (χ1n) is 10.3. The van der Waals surface area contributed by atoms with Crippen LogP contribution in [0.2, 0.25) is 0 Å². The average Bonchev–Trinajstić information content (AvgIpc) is 2.84. The molecule has 33 heavy (non-hydrogen) atoms. The molecule has 2 amide bonds. The van der Waals surface area contributed by atoms with E-state index in [1.54, 1.807) is 86.0 Å². The molecule has 168 valence electrons. The Morgan fingerprint density at radius 3 is 2.09 bits per heavy atom. The van der Waals surface area contributed by atoms with E-state index in [1.165, 1.54) is 6.08 Å². The summed E-state index contributed by atoms with van der Waals surface area (Å²) in [5.41, 5.74) is 1.68. The molecule has 0 saturated heterocycles. The second-order valence-corrected chi connectivity index (χ2v) is 7.21. The average molecular weight is 444 g/mol. The standard InChI is InChI=1S/C26H24N2O5/c1-33-21-14-12-19(13-15-21)16-22(27-24(29)20-10-6-3-7-11-20)25(30)28-23(26(31)32)17-18-8-4-2-5-9-18/h2-16,23H,17H2,1H3,(H,27,29)(H,28,30)(H,31,32)/b22-16+. The largest absolute Gasteiger partial charge is 0.497 e. The van der Waals surface area contributed by atoms with Crippen LogP contribution in [0.1, 0.15) is 21.5 Å². The minimum Gasteiger partial charge on any atom is -0.497 e. The van der Waals surface area contributed by atoms with Crippen molar-refractivity contribution in [2.24, 2.45) is 0 Å². The molecule has 0 fully saturated rings. The van der Waals surface area contributed by atoms with Crippen LogP contribution < -0.4 is 15.4 Å². The molecule has 7 nitrogen and oxygen atoms in total. The predicted molar refractivity (Wildman–Crippen MR) is 125 cm³/mol. The third-order valence-corrected chi connectivity index (χ3v) is 4.84. The van der Waals surface area contributed by atoms with Crippen LogP contribution in [0, 0.1) is 0 Å². The summed E-state index contributed by atoms with van der Waals surface area (Å²) in [6.07, 6.45) is 1.58. The summed E-state index contributed by atoms with van der Waals surface area (Å²) >= 11 is 0. The van der Waals surface area contributed by atoms with Gasteiger partial charge in [-0.1, -0.05) is 60.7 Å². The van der Waals surface area contributed by atoms with Gasteiger partial charge in [0.15, 0.2) is 0 Å². The SMILES string of the molecule is COc1ccc(/C=C(/NC(=O)c2ccccc2)C(=O)NC(Cc2ccccc2)C(=O)O)cc1. The van der Waals surface area contributed by atoms with E-state index in [2.05, 4.69) is 10.6 Å². The molecule has 3 rings (SSSR count). The summed E-state index contributed by atoms with van der Waals surface area (Å²) in [7, 11) is 1.54. The van der Waals surface area contributed by atoms with Crippen LogP contribution in [0.4, 0.5) is 0 Å². The Hall–Kier alpha value is -4.39. The molecule has 0 heterocycles. The molecule has 0 aromatic heterocycles. The predicted octanol–water partition coefficient (Wildman–Crippen LogP) is 3.28. The van der Waals surface area contributed by atoms with Crippen LogP contribution in [0.15, 0.2) is 90.6 Å². The molecule has 7 heteroatoms. The quantitative estimate of drug-likeness (QED) is 0.440. The Kier molecular flexibility index (Phi) is 7.96. The van der Waals surface area contributed by atoms with E-state index >= 15 is 0 Å². The molecule has 3 aromatic carbocycles. The summed E-state index contributed by atoms with van der Waals surface area (Å²) in [4.78, 5) is 37.6. The number of rotatable bonds is 9. The lowest BCUT2D eigenvalue weighted by Gasteiger charge is -2.17. The normalized spacial score (nSPS) is 11.8. The fraction of sp³-hybridized carbons (Fsp3) is 0.115. The van der Waals surface area contributed by atoms with Gasteiger partial charge in [-0.2, -0.15) is 0 Å². The highest BCUT2D eigenvalue weighted by Crippen LogP contribution is 2.14. The van der Waals surface area contributed by atoms with Crippen molar-refractivity contribution in [3.63, 3.8) is 0 Å². The molecule has 1 unspecified atom stereocenters. The van der Waals surface area contributed by atoms with Gasteiger partial charge in [-0.3, -0.25) is 9.59 Å². The Morgan fingerprint density at radius 2 is 1.52 bits per heavy atom. The zero-order valence-corrected chi connectivity index (χ0v) is 18.0. The van der Waals surface area contributed by atoms with Gasteiger partial charge in [0.2, 0.25) is 0 Å². The highest BCUT2D eigenvalue weighted by atomic mass is 16.5. The molecular formula is C26H24N2O5. The number of carbonyl (C=O) groups is 3. The topological polar surface area (TPSA) is 105 Å². The van der Waals surface area contributed by atoms with Crippen molar-refractivity contribution in [1.82, 2.24) is 10.6 Å². The van der Waals surface area contributed by atoms with Crippen molar-refractivity contribution < 1.29 is 24.2 Å². The third-order valence-electron chi connectivity index (χ3n) is 4.84. The minimum atomic E-state index is -1.18. The number of methoxy groups -OCH3 is 1. The molecule has 0 radical (unpaired) electrons. The van der Waals surface area contributed by atoms with Crippen LogP contribution in [0.5, 0.6) is 5.75 Å². The lowest BCUT2D eigenvalue weighted by molar-refractivity contribution is -0.141. The Bertz CT molecular complexity index is 1130. The number of amides is 2. The fourth-order valence-electron chi connectivity index (χ4n) is 3.10. The number of ether oxygens (including phenoxy) is 1. The van der Waals surface area contributed by atoms with Gasteiger partial charge in [0.05, 0.1) is 7.11 Å². The maximum atomic E-state index is 13.1. The zero-order valence-electron chi connectivity index (χ0n) is 18.0. The van der Waals surface area contributed by atoms with Crippen LogP contribution in [0.3, 0.4) is 0 Å². The first kappa shape index (κ1) is 23.3. The highest BCUT2D eigenvalue weighted by Gasteiger charge is 2.23. The van der Waals surface area contributed by atoms with E-state index in [0.717, 1.165) is 5.56 Å². The number of hydrogen-bond donors (Lipinski definition) is 3. The molecule has 3 N–H and O–H groups in total. The van der Waals surface area contributed by atoms with Gasteiger partial charge < -0.3 is 20.5 Å². The molecule has 0 spiro atoms. The van der Waals surface area contributed by atoms with Gasteiger partial charge in [-0.15, -0.1) is 0 Å². The van der Waals surface area contributed by atoms with Crippen LogP contribution in [0.25, 0.3) is 6.08 Å². The van der Waals surface area contributed by atoms with Crippen LogP contribution >= 0.6 is 0 Å². The van der Waals surface area contributed by atoms with Crippen molar-refractivity contribution in [3.8, 4) is 5.75 Å². The van der Waals surface area contributed by atoms with Crippen molar-refractivity contribution >= 4 is 23.9 Å². The van der Waals surface area contributed by atoms with E-state index in [9.17, 15) is 19.5 Å². The molecule has 0 saturated carbocycles.